The summed E-state index contributed by atoms with van der Waals surface area (Å²) >= 11 is 0. The average molecular weight is 295 g/mol. The average Bonchev–Trinajstić information content (AvgIpc) is 2.57. The molecule has 21 heavy (non-hydrogen) atoms. The number of rotatable bonds is 3. The lowest BCUT2D eigenvalue weighted by molar-refractivity contribution is -0.145. The Morgan fingerprint density at radius 3 is 2.67 bits per heavy atom. The van der Waals surface area contributed by atoms with Gasteiger partial charge in [-0.1, -0.05) is 0 Å². The quantitative estimate of drug-likeness (QED) is 0.666. The van der Waals surface area contributed by atoms with Gasteiger partial charge in [0, 0.05) is 25.3 Å². The molecule has 0 radical (unpaired) electrons. The van der Waals surface area contributed by atoms with Crippen LogP contribution >= 0.6 is 0 Å². The lowest BCUT2D eigenvalue weighted by Crippen LogP contribution is -2.43. The number of allylic oxidation sites excluding steroid dienone is 2. The van der Waals surface area contributed by atoms with Crippen LogP contribution in [-0.4, -0.2) is 58.1 Å². The Kier molecular flexibility index (Phi) is 4.66. The first-order chi connectivity index (χ1) is 9.95. The van der Waals surface area contributed by atoms with Crippen LogP contribution in [0.3, 0.4) is 0 Å². The normalized spacial score (nSPS) is 26.0. The second-order valence-electron chi connectivity index (χ2n) is 4.92. The van der Waals surface area contributed by atoms with Crippen LogP contribution in [0.15, 0.2) is 23.4 Å². The Labute approximate surface area is 121 Å². The molecule has 0 saturated carbocycles. The molecule has 0 fully saturated rings. The summed E-state index contributed by atoms with van der Waals surface area (Å²) in [5.74, 6) is -1.32. The minimum atomic E-state index is -0.911. The van der Waals surface area contributed by atoms with Gasteiger partial charge in [0.15, 0.2) is 5.78 Å². The number of aliphatic hydroxyl groups is 2. The van der Waals surface area contributed by atoms with E-state index in [2.05, 4.69) is 0 Å². The van der Waals surface area contributed by atoms with E-state index in [1.165, 1.54) is 6.92 Å². The van der Waals surface area contributed by atoms with Gasteiger partial charge in [-0.25, -0.2) is 0 Å². The maximum absolute atomic E-state index is 12.1. The molecule has 0 bridgehead atoms. The molecule has 1 aliphatic heterocycles. The maximum Gasteiger partial charge on any atom is 0.226 e. The van der Waals surface area contributed by atoms with Crippen LogP contribution in [0.2, 0.25) is 0 Å². The molecule has 1 aliphatic carbocycles. The number of ketones is 2. The summed E-state index contributed by atoms with van der Waals surface area (Å²) in [6, 6.07) is 0. The third-order valence-corrected chi connectivity index (χ3v) is 3.39. The first-order valence-corrected chi connectivity index (χ1v) is 6.66. The fourth-order valence-corrected chi connectivity index (χ4v) is 2.55. The van der Waals surface area contributed by atoms with E-state index in [1.54, 1.807) is 0 Å². The highest BCUT2D eigenvalue weighted by Gasteiger charge is 2.38. The van der Waals surface area contributed by atoms with Gasteiger partial charge in [0.05, 0.1) is 19.3 Å². The number of hydrogen-bond donors (Lipinski definition) is 2. The molecule has 1 heterocycles. The SMILES string of the molecule is CC(=O)N1C2=C(CC(O)CC1OCCO)C(=O)C=CC2=O. The molecule has 2 N–H and O–H groups in total. The van der Waals surface area contributed by atoms with Gasteiger partial charge >= 0.3 is 0 Å². The van der Waals surface area contributed by atoms with Crippen molar-refractivity contribution in [1.29, 1.82) is 0 Å². The van der Waals surface area contributed by atoms with Gasteiger partial charge in [0.25, 0.3) is 0 Å². The molecule has 0 aromatic carbocycles. The van der Waals surface area contributed by atoms with Crippen molar-refractivity contribution in [3.8, 4) is 0 Å². The van der Waals surface area contributed by atoms with Crippen LogP contribution in [0.1, 0.15) is 19.8 Å². The van der Waals surface area contributed by atoms with Gasteiger partial charge in [-0.05, 0) is 12.2 Å². The van der Waals surface area contributed by atoms with E-state index in [1.807, 2.05) is 0 Å². The molecular formula is C14H17NO6. The van der Waals surface area contributed by atoms with E-state index in [0.717, 1.165) is 17.1 Å². The number of hydrogen-bond acceptors (Lipinski definition) is 6. The molecule has 0 aromatic rings. The van der Waals surface area contributed by atoms with Crippen LogP contribution in [0.25, 0.3) is 0 Å². The van der Waals surface area contributed by atoms with Gasteiger partial charge in [0.2, 0.25) is 11.7 Å². The second kappa shape index (κ2) is 6.30. The number of ether oxygens (including phenoxy) is 1. The van der Waals surface area contributed by atoms with Crippen molar-refractivity contribution in [1.82, 2.24) is 4.90 Å². The molecular weight excluding hydrogens is 278 g/mol. The zero-order chi connectivity index (χ0) is 15.6. The predicted molar refractivity (Wildman–Crippen MR) is 70.8 cm³/mol. The summed E-state index contributed by atoms with van der Waals surface area (Å²) in [6.45, 7) is 0.965. The van der Waals surface area contributed by atoms with Gasteiger partial charge < -0.3 is 14.9 Å². The Balaban J connectivity index is 2.47. The van der Waals surface area contributed by atoms with Gasteiger partial charge in [-0.15, -0.1) is 0 Å². The summed E-state index contributed by atoms with van der Waals surface area (Å²) in [7, 11) is 0. The maximum atomic E-state index is 12.1. The van der Waals surface area contributed by atoms with Gasteiger partial charge in [0.1, 0.15) is 11.9 Å². The van der Waals surface area contributed by atoms with Crippen molar-refractivity contribution in [2.45, 2.75) is 32.1 Å². The molecule has 114 valence electrons. The molecule has 0 aromatic heterocycles. The number of nitrogens with zero attached hydrogens (tertiary/aromatic N) is 1. The Morgan fingerprint density at radius 2 is 2.05 bits per heavy atom. The lowest BCUT2D eigenvalue weighted by Gasteiger charge is -2.31. The van der Waals surface area contributed by atoms with E-state index >= 15 is 0 Å². The number of amides is 1. The molecule has 2 rings (SSSR count). The molecule has 1 amide bonds. The number of aliphatic hydroxyl groups excluding tert-OH is 2. The molecule has 2 atom stereocenters. The van der Waals surface area contributed by atoms with Crippen LogP contribution in [0, 0.1) is 0 Å². The van der Waals surface area contributed by atoms with E-state index in [0.29, 0.717) is 0 Å². The first kappa shape index (κ1) is 15.6. The smallest absolute Gasteiger partial charge is 0.226 e. The largest absolute Gasteiger partial charge is 0.394 e. The van der Waals surface area contributed by atoms with Crippen molar-refractivity contribution in [3.63, 3.8) is 0 Å². The minimum absolute atomic E-state index is 0.00693. The third-order valence-electron chi connectivity index (χ3n) is 3.39. The third kappa shape index (κ3) is 3.10. The summed E-state index contributed by atoms with van der Waals surface area (Å²) in [4.78, 5) is 37.0. The highest BCUT2D eigenvalue weighted by molar-refractivity contribution is 6.20. The zero-order valence-electron chi connectivity index (χ0n) is 11.6. The predicted octanol–water partition coefficient (Wildman–Crippen LogP) is -0.713. The Hall–Kier alpha value is -1.83. The van der Waals surface area contributed by atoms with E-state index < -0.39 is 29.8 Å². The molecule has 0 saturated heterocycles. The second-order valence-corrected chi connectivity index (χ2v) is 4.92. The van der Waals surface area contributed by atoms with Gasteiger partial charge in [-0.3, -0.25) is 19.3 Å². The Morgan fingerprint density at radius 1 is 1.38 bits per heavy atom. The molecule has 0 spiro atoms. The van der Waals surface area contributed by atoms with E-state index in [9.17, 15) is 19.5 Å². The minimum Gasteiger partial charge on any atom is -0.394 e. The fourth-order valence-electron chi connectivity index (χ4n) is 2.55. The van der Waals surface area contributed by atoms with Crippen molar-refractivity contribution < 1.29 is 29.3 Å². The van der Waals surface area contributed by atoms with Crippen LogP contribution in [-0.2, 0) is 19.1 Å². The summed E-state index contributed by atoms with van der Waals surface area (Å²) < 4.78 is 5.36. The first-order valence-electron chi connectivity index (χ1n) is 6.66. The molecule has 7 nitrogen and oxygen atoms in total. The standard InChI is InChI=1S/C14H17NO6/c1-8(17)15-13(21-5-4-16)7-9(18)6-10-11(19)2-3-12(20)14(10)15/h2-3,9,13,16,18H,4-7H2,1H3. The topological polar surface area (TPSA) is 104 Å². The van der Waals surface area contributed by atoms with Crippen molar-refractivity contribution in [2.24, 2.45) is 0 Å². The van der Waals surface area contributed by atoms with E-state index in [4.69, 9.17) is 9.84 Å². The van der Waals surface area contributed by atoms with E-state index in [-0.39, 0.29) is 37.3 Å². The highest BCUT2D eigenvalue weighted by Crippen LogP contribution is 2.30. The molecule has 2 aliphatic rings. The zero-order valence-corrected chi connectivity index (χ0v) is 11.6. The van der Waals surface area contributed by atoms with Crippen LogP contribution < -0.4 is 0 Å². The lowest BCUT2D eigenvalue weighted by atomic mass is 9.95. The monoisotopic (exact) mass is 295 g/mol. The van der Waals surface area contributed by atoms with Crippen molar-refractivity contribution in [3.05, 3.63) is 23.4 Å². The Bertz CT molecular complexity index is 536. The fraction of sp³-hybridized carbons (Fsp3) is 0.500. The van der Waals surface area contributed by atoms with Gasteiger partial charge in [-0.2, -0.15) is 0 Å². The van der Waals surface area contributed by atoms with Crippen molar-refractivity contribution in [2.75, 3.05) is 13.2 Å². The highest BCUT2D eigenvalue weighted by atomic mass is 16.5. The van der Waals surface area contributed by atoms with Crippen LogP contribution in [0.4, 0.5) is 0 Å². The number of carbonyl (C=O) groups excluding carboxylic acids is 3. The summed E-state index contributed by atoms with van der Waals surface area (Å²) in [6.07, 6.45) is 0.505. The summed E-state index contributed by atoms with van der Waals surface area (Å²) in [5, 5.41) is 18.8. The van der Waals surface area contributed by atoms with Crippen molar-refractivity contribution >= 4 is 17.5 Å². The summed E-state index contributed by atoms with van der Waals surface area (Å²) in [5.41, 5.74) is 0.0924. The molecule has 2 unspecified atom stereocenters. The number of carbonyl (C=O) groups is 3. The molecule has 7 heteroatoms. The van der Waals surface area contributed by atoms with Crippen LogP contribution in [0.5, 0.6) is 0 Å².